The van der Waals surface area contributed by atoms with Crippen molar-refractivity contribution in [3.63, 3.8) is 0 Å². The number of nitrogens with one attached hydrogen (secondary N) is 2. The van der Waals surface area contributed by atoms with Crippen LogP contribution in [0.4, 0.5) is 4.39 Å². The van der Waals surface area contributed by atoms with Gasteiger partial charge < -0.3 is 10.6 Å². The molecule has 0 fully saturated rings. The van der Waals surface area contributed by atoms with Crippen molar-refractivity contribution < 1.29 is 14.0 Å². The molecule has 0 atom stereocenters. The molecule has 3 aromatic rings. The minimum Gasteiger partial charge on any atom is -0.351 e. The quantitative estimate of drug-likeness (QED) is 0.630. The van der Waals surface area contributed by atoms with Crippen LogP contribution >= 0.6 is 0 Å². The summed E-state index contributed by atoms with van der Waals surface area (Å²) < 4.78 is 14.6. The molecule has 7 heteroatoms. The number of fused-ring (bicyclic) bond motifs is 1. The molecule has 0 unspecified atom stereocenters. The SMILES string of the molecule is CCCCNC(=O)c1nc(C(=O)NCc2ccc(F)cc2)n2ccccc12. The zero-order chi connectivity index (χ0) is 19.2. The van der Waals surface area contributed by atoms with E-state index >= 15 is 0 Å². The molecule has 0 saturated carbocycles. The molecule has 0 bridgehead atoms. The van der Waals surface area contributed by atoms with Crippen molar-refractivity contribution >= 4 is 17.3 Å². The average molecular weight is 368 g/mol. The maximum Gasteiger partial charge on any atom is 0.287 e. The predicted molar refractivity (Wildman–Crippen MR) is 100 cm³/mol. The van der Waals surface area contributed by atoms with Crippen LogP contribution in [0.2, 0.25) is 0 Å². The molecule has 0 saturated heterocycles. The zero-order valence-electron chi connectivity index (χ0n) is 15.0. The fourth-order valence-electron chi connectivity index (χ4n) is 2.69. The molecule has 140 valence electrons. The first kappa shape index (κ1) is 18.6. The number of imidazole rings is 1. The van der Waals surface area contributed by atoms with Gasteiger partial charge in [0.1, 0.15) is 5.82 Å². The van der Waals surface area contributed by atoms with Gasteiger partial charge in [-0.05, 0) is 36.2 Å². The topological polar surface area (TPSA) is 75.5 Å². The minimum absolute atomic E-state index is 0.133. The standard InChI is InChI=1S/C20H21FN4O2/c1-2-3-11-22-19(26)17-16-6-4-5-12-25(16)18(24-17)20(27)23-13-14-7-9-15(21)10-8-14/h4-10,12H,2-3,11,13H2,1H3,(H,22,26)(H,23,27). The van der Waals surface area contributed by atoms with Gasteiger partial charge >= 0.3 is 0 Å². The number of pyridine rings is 1. The van der Waals surface area contributed by atoms with E-state index in [0.29, 0.717) is 12.1 Å². The van der Waals surface area contributed by atoms with Crippen LogP contribution in [0.15, 0.2) is 48.7 Å². The summed E-state index contributed by atoms with van der Waals surface area (Å²) in [4.78, 5) is 29.3. The van der Waals surface area contributed by atoms with Crippen molar-refractivity contribution in [3.8, 4) is 0 Å². The second kappa shape index (κ2) is 8.44. The molecule has 0 aliphatic carbocycles. The largest absolute Gasteiger partial charge is 0.351 e. The number of halogens is 1. The number of hydrogen-bond acceptors (Lipinski definition) is 3. The number of rotatable bonds is 7. The first-order chi connectivity index (χ1) is 13.1. The lowest BCUT2D eigenvalue weighted by Gasteiger charge is -2.04. The summed E-state index contributed by atoms with van der Waals surface area (Å²) in [6, 6.07) is 11.2. The van der Waals surface area contributed by atoms with Crippen LogP contribution in [0.3, 0.4) is 0 Å². The molecular formula is C20H21FN4O2. The number of carbonyl (C=O) groups is 2. The molecule has 2 amide bonds. The fourth-order valence-corrected chi connectivity index (χ4v) is 2.69. The van der Waals surface area contributed by atoms with E-state index in [0.717, 1.165) is 18.4 Å². The average Bonchev–Trinajstić information content (AvgIpc) is 3.07. The Labute approximate surface area is 156 Å². The zero-order valence-corrected chi connectivity index (χ0v) is 15.0. The molecule has 2 heterocycles. The summed E-state index contributed by atoms with van der Waals surface area (Å²) in [6.07, 6.45) is 3.54. The van der Waals surface area contributed by atoms with Gasteiger partial charge in [-0.15, -0.1) is 0 Å². The minimum atomic E-state index is -0.409. The van der Waals surface area contributed by atoms with E-state index in [9.17, 15) is 14.0 Å². The van der Waals surface area contributed by atoms with Crippen LogP contribution in [0, 0.1) is 5.82 Å². The van der Waals surface area contributed by atoms with Crippen molar-refractivity contribution in [2.45, 2.75) is 26.3 Å². The number of carbonyl (C=O) groups excluding carboxylic acids is 2. The lowest BCUT2D eigenvalue weighted by molar-refractivity contribution is 0.0940. The Morgan fingerprint density at radius 3 is 2.59 bits per heavy atom. The molecule has 2 aromatic heterocycles. The lowest BCUT2D eigenvalue weighted by atomic mass is 10.2. The van der Waals surface area contributed by atoms with Gasteiger partial charge in [-0.3, -0.25) is 14.0 Å². The Hall–Kier alpha value is -3.22. The number of unbranched alkanes of at least 4 members (excludes halogenated alkanes) is 1. The third-order valence-electron chi connectivity index (χ3n) is 4.15. The second-order valence-corrected chi connectivity index (χ2v) is 6.16. The second-order valence-electron chi connectivity index (χ2n) is 6.16. The maximum atomic E-state index is 13.0. The number of hydrogen-bond donors (Lipinski definition) is 2. The number of benzene rings is 1. The van der Waals surface area contributed by atoms with Gasteiger partial charge in [0.15, 0.2) is 5.69 Å². The lowest BCUT2D eigenvalue weighted by Crippen LogP contribution is -2.26. The number of aromatic nitrogens is 2. The van der Waals surface area contributed by atoms with Crippen LogP contribution < -0.4 is 10.6 Å². The third kappa shape index (κ3) is 4.31. The normalized spacial score (nSPS) is 10.7. The van der Waals surface area contributed by atoms with Crippen molar-refractivity contribution in [2.24, 2.45) is 0 Å². The summed E-state index contributed by atoms with van der Waals surface area (Å²) in [5.41, 5.74) is 1.56. The first-order valence-corrected chi connectivity index (χ1v) is 8.88. The van der Waals surface area contributed by atoms with E-state index in [1.165, 1.54) is 12.1 Å². The summed E-state index contributed by atoms with van der Waals surface area (Å²) in [5, 5.41) is 5.58. The van der Waals surface area contributed by atoms with Gasteiger partial charge in [-0.25, -0.2) is 9.37 Å². The number of nitrogens with zero attached hydrogens (tertiary/aromatic N) is 2. The molecule has 6 nitrogen and oxygen atoms in total. The monoisotopic (exact) mass is 368 g/mol. The van der Waals surface area contributed by atoms with Crippen LogP contribution in [0.1, 0.15) is 46.4 Å². The highest BCUT2D eigenvalue weighted by Gasteiger charge is 2.21. The van der Waals surface area contributed by atoms with Crippen molar-refractivity contribution in [2.75, 3.05) is 6.54 Å². The van der Waals surface area contributed by atoms with E-state index in [2.05, 4.69) is 15.6 Å². The molecule has 1 aromatic carbocycles. The van der Waals surface area contributed by atoms with Gasteiger partial charge in [0.2, 0.25) is 5.82 Å². The molecule has 0 radical (unpaired) electrons. The van der Waals surface area contributed by atoms with Crippen LogP contribution in [0.25, 0.3) is 5.52 Å². The summed E-state index contributed by atoms with van der Waals surface area (Å²) in [6.45, 7) is 2.84. The molecule has 0 spiro atoms. The first-order valence-electron chi connectivity index (χ1n) is 8.88. The highest BCUT2D eigenvalue weighted by atomic mass is 19.1. The molecular weight excluding hydrogens is 347 g/mol. The van der Waals surface area contributed by atoms with E-state index in [-0.39, 0.29) is 29.8 Å². The van der Waals surface area contributed by atoms with Crippen LogP contribution in [-0.2, 0) is 6.54 Å². The highest BCUT2D eigenvalue weighted by molar-refractivity contribution is 6.02. The molecule has 3 rings (SSSR count). The van der Waals surface area contributed by atoms with Crippen molar-refractivity contribution in [1.29, 1.82) is 0 Å². The van der Waals surface area contributed by atoms with Crippen LogP contribution in [-0.4, -0.2) is 27.7 Å². The molecule has 2 N–H and O–H groups in total. The van der Waals surface area contributed by atoms with Crippen molar-refractivity contribution in [3.05, 3.63) is 71.6 Å². The maximum absolute atomic E-state index is 13.0. The predicted octanol–water partition coefficient (Wildman–Crippen LogP) is 2.93. The van der Waals surface area contributed by atoms with E-state index in [1.54, 1.807) is 40.9 Å². The van der Waals surface area contributed by atoms with Crippen LogP contribution in [0.5, 0.6) is 0 Å². The van der Waals surface area contributed by atoms with Gasteiger partial charge in [-0.1, -0.05) is 31.5 Å². The fraction of sp³-hybridized carbons (Fsp3) is 0.250. The van der Waals surface area contributed by atoms with Gasteiger partial charge in [0.05, 0.1) is 5.52 Å². The Morgan fingerprint density at radius 1 is 1.07 bits per heavy atom. The Bertz CT molecular complexity index is 950. The molecule has 27 heavy (non-hydrogen) atoms. The van der Waals surface area contributed by atoms with E-state index in [4.69, 9.17) is 0 Å². The van der Waals surface area contributed by atoms with E-state index in [1.807, 2.05) is 6.92 Å². The van der Waals surface area contributed by atoms with E-state index < -0.39 is 5.91 Å². The summed E-state index contributed by atoms with van der Waals surface area (Å²) in [7, 11) is 0. The highest BCUT2D eigenvalue weighted by Crippen LogP contribution is 2.14. The number of amides is 2. The smallest absolute Gasteiger partial charge is 0.287 e. The van der Waals surface area contributed by atoms with Gasteiger partial charge in [-0.2, -0.15) is 0 Å². The van der Waals surface area contributed by atoms with Crippen molar-refractivity contribution in [1.82, 2.24) is 20.0 Å². The molecule has 0 aliphatic heterocycles. The van der Waals surface area contributed by atoms with Gasteiger partial charge in [0.25, 0.3) is 11.8 Å². The Kier molecular flexibility index (Phi) is 5.80. The Balaban J connectivity index is 1.80. The Morgan fingerprint density at radius 2 is 1.85 bits per heavy atom. The van der Waals surface area contributed by atoms with Gasteiger partial charge in [0, 0.05) is 19.3 Å². The summed E-state index contributed by atoms with van der Waals surface area (Å²) >= 11 is 0. The third-order valence-corrected chi connectivity index (χ3v) is 4.15. The molecule has 0 aliphatic rings. The summed E-state index contributed by atoms with van der Waals surface area (Å²) in [5.74, 6) is -0.908.